The number of aliphatic hydroxyl groups is 2. The van der Waals surface area contributed by atoms with Gasteiger partial charge in [-0.25, -0.2) is 5.21 Å². The van der Waals surface area contributed by atoms with Crippen LogP contribution < -0.4 is 0 Å². The number of aliphatic hydroxyl groups excluding tert-OH is 2. The van der Waals surface area contributed by atoms with Crippen molar-refractivity contribution in [2.45, 2.75) is 0 Å². The quantitative estimate of drug-likeness (QED) is 0.234. The standard InChI is InChI=1S/C3H10NO3/c1-4(7,2-5)3-6/h5-7H,2-3H2,1H3/q+1. The van der Waals surface area contributed by atoms with Crippen LogP contribution in [0.15, 0.2) is 0 Å². The summed E-state index contributed by atoms with van der Waals surface area (Å²) in [4.78, 5) is 0. The lowest BCUT2D eigenvalue weighted by atomic mass is 10.9. The van der Waals surface area contributed by atoms with Crippen LogP contribution in [0.2, 0.25) is 0 Å². The molecular formula is C3H10NO3+. The molecule has 0 aliphatic rings. The summed E-state index contributed by atoms with van der Waals surface area (Å²) in [5.74, 6) is 0. The van der Waals surface area contributed by atoms with Crippen LogP contribution in [0.5, 0.6) is 0 Å². The highest BCUT2D eigenvalue weighted by atomic mass is 16.6. The molecule has 7 heavy (non-hydrogen) atoms. The van der Waals surface area contributed by atoms with Crippen LogP contribution in [0, 0.1) is 0 Å². The Kier molecular flexibility index (Phi) is 2.17. The molecule has 44 valence electrons. The van der Waals surface area contributed by atoms with Crippen LogP contribution in [0.4, 0.5) is 0 Å². The highest BCUT2D eigenvalue weighted by Gasteiger charge is 2.12. The maximum atomic E-state index is 8.57. The molecule has 0 amide bonds. The third-order valence-electron chi connectivity index (χ3n) is 0.609. The van der Waals surface area contributed by atoms with Crippen LogP contribution in [0.1, 0.15) is 0 Å². The molecule has 0 aliphatic heterocycles. The van der Waals surface area contributed by atoms with Gasteiger partial charge in [0, 0.05) is 0 Å². The molecule has 4 nitrogen and oxygen atoms in total. The predicted octanol–water partition coefficient (Wildman–Crippen LogP) is -1.28. The lowest BCUT2D eigenvalue weighted by Gasteiger charge is -2.17. The second-order valence-electron chi connectivity index (χ2n) is 1.62. The Labute approximate surface area is 41.8 Å². The van der Waals surface area contributed by atoms with Crippen LogP contribution in [0.25, 0.3) is 0 Å². The number of nitrogens with zero attached hydrogens (tertiary/aromatic N) is 1. The Bertz CT molecular complexity index is 48.1. The zero-order valence-electron chi connectivity index (χ0n) is 4.20. The molecule has 0 heterocycles. The van der Waals surface area contributed by atoms with Gasteiger partial charge in [-0.1, -0.05) is 0 Å². The van der Waals surface area contributed by atoms with Gasteiger partial charge in [-0.15, -0.1) is 4.65 Å². The molecule has 0 atom stereocenters. The Morgan fingerprint density at radius 3 is 1.57 bits per heavy atom. The molecule has 0 aromatic heterocycles. The monoisotopic (exact) mass is 108 g/mol. The van der Waals surface area contributed by atoms with Crippen molar-refractivity contribution in [3.05, 3.63) is 0 Å². The molecule has 0 rings (SSSR count). The van der Waals surface area contributed by atoms with Gasteiger partial charge in [0.1, 0.15) is 7.05 Å². The Hall–Kier alpha value is -0.160. The number of hydrogen-bond acceptors (Lipinski definition) is 3. The lowest BCUT2D eigenvalue weighted by molar-refractivity contribution is -1.11. The van der Waals surface area contributed by atoms with E-state index in [9.17, 15) is 0 Å². The Balaban J connectivity index is 3.36. The smallest absolute Gasteiger partial charge is 0.211 e. The minimum atomic E-state index is -0.750. The summed E-state index contributed by atoms with van der Waals surface area (Å²) in [7, 11) is 1.29. The lowest BCUT2D eigenvalue weighted by Crippen LogP contribution is -2.41. The van der Waals surface area contributed by atoms with Gasteiger partial charge in [0.25, 0.3) is 0 Å². The number of quaternary nitrogens is 1. The van der Waals surface area contributed by atoms with E-state index in [1.807, 2.05) is 0 Å². The van der Waals surface area contributed by atoms with Crippen molar-refractivity contribution < 1.29 is 20.1 Å². The molecular weight excluding hydrogens is 98.0 g/mol. The van der Waals surface area contributed by atoms with Gasteiger partial charge in [-0.2, -0.15) is 0 Å². The van der Waals surface area contributed by atoms with Gasteiger partial charge in [0.05, 0.1) is 0 Å². The van der Waals surface area contributed by atoms with Crippen molar-refractivity contribution >= 4 is 0 Å². The van der Waals surface area contributed by atoms with Crippen LogP contribution in [-0.4, -0.2) is 40.6 Å². The van der Waals surface area contributed by atoms with Crippen molar-refractivity contribution in [2.75, 3.05) is 20.5 Å². The molecule has 0 saturated carbocycles. The molecule has 0 aromatic rings. The minimum Gasteiger partial charge on any atom is -0.345 e. The predicted molar refractivity (Wildman–Crippen MR) is 22.1 cm³/mol. The average molecular weight is 108 g/mol. The molecule has 0 fully saturated rings. The van der Waals surface area contributed by atoms with E-state index in [1.165, 1.54) is 7.05 Å². The molecule has 3 N–H and O–H groups in total. The van der Waals surface area contributed by atoms with Gasteiger partial charge in [-0.05, 0) is 0 Å². The minimum absolute atomic E-state index is 0.462. The Morgan fingerprint density at radius 2 is 1.57 bits per heavy atom. The third kappa shape index (κ3) is 2.52. The fraction of sp³-hybridized carbons (Fsp3) is 1.00. The summed E-state index contributed by atoms with van der Waals surface area (Å²) >= 11 is 0. The molecule has 0 unspecified atom stereocenters. The van der Waals surface area contributed by atoms with E-state index in [4.69, 9.17) is 15.4 Å². The molecule has 0 aromatic carbocycles. The summed E-state index contributed by atoms with van der Waals surface area (Å²) in [5, 5.41) is 24.9. The first-order chi connectivity index (χ1) is 3.12. The Morgan fingerprint density at radius 1 is 1.29 bits per heavy atom. The average Bonchev–Trinajstić information content (AvgIpc) is 1.68. The maximum absolute atomic E-state index is 8.57. The van der Waals surface area contributed by atoms with Gasteiger partial charge < -0.3 is 10.2 Å². The number of hydrogen-bond donors (Lipinski definition) is 3. The number of hydroxylamine groups is 3. The third-order valence-corrected chi connectivity index (χ3v) is 0.609. The largest absolute Gasteiger partial charge is 0.345 e. The molecule has 0 radical (unpaired) electrons. The van der Waals surface area contributed by atoms with Crippen LogP contribution >= 0.6 is 0 Å². The van der Waals surface area contributed by atoms with E-state index in [2.05, 4.69) is 0 Å². The zero-order valence-corrected chi connectivity index (χ0v) is 4.20. The molecule has 0 bridgehead atoms. The van der Waals surface area contributed by atoms with Crippen molar-refractivity contribution in [1.82, 2.24) is 0 Å². The highest BCUT2D eigenvalue weighted by molar-refractivity contribution is 3.90. The van der Waals surface area contributed by atoms with Crippen molar-refractivity contribution in [3.8, 4) is 0 Å². The molecule has 0 saturated heterocycles. The topological polar surface area (TPSA) is 60.7 Å². The summed E-state index contributed by atoms with van der Waals surface area (Å²) in [6.45, 7) is -0.924. The normalized spacial score (nSPS) is 12.0. The summed E-state index contributed by atoms with van der Waals surface area (Å²) in [6, 6.07) is 0. The van der Waals surface area contributed by atoms with Crippen molar-refractivity contribution in [2.24, 2.45) is 0 Å². The number of rotatable bonds is 2. The molecule has 4 heteroatoms. The first-order valence-corrected chi connectivity index (χ1v) is 1.91. The van der Waals surface area contributed by atoms with E-state index in [1.54, 1.807) is 0 Å². The fourth-order valence-electron chi connectivity index (χ4n) is 0.0447. The molecule has 0 spiro atoms. The summed E-state index contributed by atoms with van der Waals surface area (Å²) in [6.07, 6.45) is 0. The van der Waals surface area contributed by atoms with E-state index >= 15 is 0 Å². The second-order valence-corrected chi connectivity index (χ2v) is 1.62. The van der Waals surface area contributed by atoms with Crippen molar-refractivity contribution in [3.63, 3.8) is 0 Å². The summed E-state index contributed by atoms with van der Waals surface area (Å²) < 4.78 is -0.750. The van der Waals surface area contributed by atoms with Crippen LogP contribution in [-0.2, 0) is 0 Å². The van der Waals surface area contributed by atoms with Gasteiger partial charge in [0.15, 0.2) is 0 Å². The van der Waals surface area contributed by atoms with E-state index in [0.717, 1.165) is 0 Å². The molecule has 0 aliphatic carbocycles. The first kappa shape index (κ1) is 6.84. The van der Waals surface area contributed by atoms with Gasteiger partial charge in [-0.3, -0.25) is 0 Å². The van der Waals surface area contributed by atoms with Crippen LogP contribution in [0.3, 0.4) is 0 Å². The maximum Gasteiger partial charge on any atom is 0.211 e. The first-order valence-electron chi connectivity index (χ1n) is 1.91. The second kappa shape index (κ2) is 2.23. The highest BCUT2D eigenvalue weighted by Crippen LogP contribution is 1.86. The van der Waals surface area contributed by atoms with Crippen molar-refractivity contribution in [1.29, 1.82) is 0 Å². The van der Waals surface area contributed by atoms with Gasteiger partial charge in [0.2, 0.25) is 13.5 Å². The van der Waals surface area contributed by atoms with E-state index in [0.29, 0.717) is 0 Å². The fourth-order valence-corrected chi connectivity index (χ4v) is 0.0447. The van der Waals surface area contributed by atoms with E-state index < -0.39 is 18.1 Å². The SMILES string of the molecule is C[N+](O)(CO)CO. The van der Waals surface area contributed by atoms with Gasteiger partial charge >= 0.3 is 0 Å². The zero-order chi connectivity index (χ0) is 5.91. The van der Waals surface area contributed by atoms with E-state index in [-0.39, 0.29) is 0 Å². The summed E-state index contributed by atoms with van der Waals surface area (Å²) in [5.41, 5.74) is 0.